The third kappa shape index (κ3) is 4.25. The average molecular weight is 315 g/mol. The van der Waals surface area contributed by atoms with Crippen LogP contribution in [0, 0.1) is 0 Å². The van der Waals surface area contributed by atoms with E-state index >= 15 is 0 Å². The molecule has 23 heavy (non-hydrogen) atoms. The number of rotatable bonds is 5. The minimum atomic E-state index is -0.210. The maximum Gasteiger partial charge on any atom is 0.242 e. The summed E-state index contributed by atoms with van der Waals surface area (Å²) < 4.78 is 0. The molecular formula is C19H29N3O. The molecule has 1 aromatic carbocycles. The van der Waals surface area contributed by atoms with Gasteiger partial charge in [-0.05, 0) is 57.8 Å². The Bertz CT molecular complexity index is 499. The van der Waals surface area contributed by atoms with Crippen LogP contribution in [0.1, 0.15) is 45.4 Å². The zero-order valence-corrected chi connectivity index (χ0v) is 14.1. The summed E-state index contributed by atoms with van der Waals surface area (Å²) in [7, 11) is 0. The Labute approximate surface area is 139 Å². The summed E-state index contributed by atoms with van der Waals surface area (Å²) in [6.07, 6.45) is 7.49. The van der Waals surface area contributed by atoms with Crippen molar-refractivity contribution in [2.75, 3.05) is 18.4 Å². The topological polar surface area (TPSA) is 44.4 Å². The molecule has 2 N–H and O–H groups in total. The van der Waals surface area contributed by atoms with Crippen molar-refractivity contribution in [3.8, 4) is 0 Å². The van der Waals surface area contributed by atoms with Gasteiger partial charge in [-0.15, -0.1) is 0 Å². The van der Waals surface area contributed by atoms with Gasteiger partial charge in [0.2, 0.25) is 5.91 Å². The summed E-state index contributed by atoms with van der Waals surface area (Å²) in [6, 6.07) is 10.6. The molecule has 1 unspecified atom stereocenters. The molecule has 2 aliphatic rings. The van der Waals surface area contributed by atoms with Crippen LogP contribution in [0.4, 0.5) is 5.69 Å². The predicted molar refractivity (Wildman–Crippen MR) is 94.5 cm³/mol. The van der Waals surface area contributed by atoms with Gasteiger partial charge in [-0.3, -0.25) is 9.69 Å². The van der Waals surface area contributed by atoms with E-state index in [0.717, 1.165) is 12.1 Å². The smallest absolute Gasteiger partial charge is 0.242 e. The molecule has 0 radical (unpaired) electrons. The Morgan fingerprint density at radius 2 is 1.78 bits per heavy atom. The lowest BCUT2D eigenvalue weighted by molar-refractivity contribution is -0.123. The van der Waals surface area contributed by atoms with Crippen molar-refractivity contribution in [1.29, 1.82) is 0 Å². The highest BCUT2D eigenvalue weighted by atomic mass is 16.2. The number of carbonyl (C=O) groups is 1. The summed E-state index contributed by atoms with van der Waals surface area (Å²) in [5.41, 5.74) is 0.995. The number of hydrogen-bond donors (Lipinski definition) is 2. The Hall–Kier alpha value is -1.55. The molecule has 0 aromatic heterocycles. The quantitative estimate of drug-likeness (QED) is 0.878. The summed E-state index contributed by atoms with van der Waals surface area (Å²) in [5.74, 6) is 0.116. The van der Waals surface area contributed by atoms with Crippen LogP contribution in [0.2, 0.25) is 0 Å². The van der Waals surface area contributed by atoms with Crippen molar-refractivity contribution in [2.24, 2.45) is 0 Å². The first-order valence-corrected chi connectivity index (χ1v) is 9.10. The van der Waals surface area contributed by atoms with Crippen molar-refractivity contribution in [2.45, 2.75) is 63.6 Å². The average Bonchev–Trinajstić information content (AvgIpc) is 3.10. The zero-order valence-electron chi connectivity index (χ0n) is 14.1. The molecule has 1 aliphatic carbocycles. The maximum atomic E-state index is 12.6. The van der Waals surface area contributed by atoms with Crippen LogP contribution in [-0.4, -0.2) is 42.0 Å². The third-order valence-electron chi connectivity index (χ3n) is 5.22. The minimum absolute atomic E-state index is 0.116. The molecule has 1 heterocycles. The molecule has 4 nitrogen and oxygen atoms in total. The monoisotopic (exact) mass is 315 g/mol. The molecule has 1 saturated carbocycles. The van der Waals surface area contributed by atoms with E-state index in [1.54, 1.807) is 0 Å². The number of benzene rings is 1. The number of carbonyl (C=O) groups excluding carboxylic acids is 1. The van der Waals surface area contributed by atoms with Crippen molar-refractivity contribution in [3.05, 3.63) is 30.3 Å². The van der Waals surface area contributed by atoms with E-state index in [0.29, 0.717) is 12.1 Å². The van der Waals surface area contributed by atoms with Crippen molar-refractivity contribution < 1.29 is 4.79 Å². The summed E-state index contributed by atoms with van der Waals surface area (Å²) in [5, 5.41) is 6.61. The first-order valence-electron chi connectivity index (χ1n) is 9.10. The van der Waals surface area contributed by atoms with Crippen molar-refractivity contribution in [1.82, 2.24) is 10.2 Å². The molecule has 3 atom stereocenters. The molecule has 2 fully saturated rings. The van der Waals surface area contributed by atoms with Gasteiger partial charge in [-0.25, -0.2) is 0 Å². The van der Waals surface area contributed by atoms with E-state index in [1.165, 1.54) is 45.2 Å². The van der Waals surface area contributed by atoms with E-state index < -0.39 is 0 Å². The van der Waals surface area contributed by atoms with Gasteiger partial charge in [0, 0.05) is 17.8 Å². The first kappa shape index (κ1) is 16.3. The number of likely N-dealkylation sites (tertiary alicyclic amines) is 1. The normalized spacial score (nSPS) is 26.7. The molecule has 3 rings (SSSR count). The highest BCUT2D eigenvalue weighted by Crippen LogP contribution is 2.26. The molecule has 1 amide bonds. The summed E-state index contributed by atoms with van der Waals surface area (Å²) in [6.45, 7) is 4.35. The summed E-state index contributed by atoms with van der Waals surface area (Å²) in [4.78, 5) is 15.2. The second-order valence-corrected chi connectivity index (χ2v) is 6.94. The second kappa shape index (κ2) is 7.82. The highest BCUT2D eigenvalue weighted by molar-refractivity contribution is 5.84. The number of amides is 1. The van der Waals surface area contributed by atoms with Crippen LogP contribution < -0.4 is 10.6 Å². The fourth-order valence-electron chi connectivity index (χ4n) is 3.95. The van der Waals surface area contributed by atoms with Crippen LogP contribution in [0.25, 0.3) is 0 Å². The zero-order chi connectivity index (χ0) is 16.1. The van der Waals surface area contributed by atoms with Crippen LogP contribution in [0.15, 0.2) is 30.3 Å². The maximum absolute atomic E-state index is 12.6. The van der Waals surface area contributed by atoms with E-state index in [2.05, 4.69) is 15.5 Å². The van der Waals surface area contributed by atoms with Gasteiger partial charge >= 0.3 is 0 Å². The molecule has 0 bridgehead atoms. The van der Waals surface area contributed by atoms with Gasteiger partial charge in [0.1, 0.15) is 6.04 Å². The lowest BCUT2D eigenvalue weighted by atomic mass is 9.89. The van der Waals surface area contributed by atoms with Gasteiger partial charge in [0.25, 0.3) is 0 Å². The summed E-state index contributed by atoms with van der Waals surface area (Å²) >= 11 is 0. The molecular weight excluding hydrogens is 286 g/mol. The Morgan fingerprint density at radius 3 is 2.52 bits per heavy atom. The van der Waals surface area contributed by atoms with E-state index in [9.17, 15) is 4.79 Å². The number of nitrogens with one attached hydrogen (secondary N) is 2. The molecule has 1 saturated heterocycles. The Kier molecular flexibility index (Phi) is 5.55. The SMILES string of the molecule is CC(Nc1ccccc1)C(=O)N[C@@H]1CCCC[C@H]1N1CCCC1. The number of para-hydroxylation sites is 1. The standard InChI is InChI=1S/C19H29N3O/c1-15(20-16-9-3-2-4-10-16)19(23)21-17-11-5-6-12-18(17)22-13-7-8-14-22/h2-4,9-10,15,17-18,20H,5-8,11-14H2,1H3,(H,21,23)/t15?,17-,18-/m1/s1. The third-order valence-corrected chi connectivity index (χ3v) is 5.22. The van der Waals surface area contributed by atoms with E-state index in [1.807, 2.05) is 37.3 Å². The van der Waals surface area contributed by atoms with Crippen LogP contribution >= 0.6 is 0 Å². The number of hydrogen-bond acceptors (Lipinski definition) is 3. The van der Waals surface area contributed by atoms with Crippen molar-refractivity contribution >= 4 is 11.6 Å². The van der Waals surface area contributed by atoms with Crippen LogP contribution in [-0.2, 0) is 4.79 Å². The van der Waals surface area contributed by atoms with Gasteiger partial charge < -0.3 is 10.6 Å². The Balaban J connectivity index is 1.56. The number of nitrogens with zero attached hydrogens (tertiary/aromatic N) is 1. The van der Waals surface area contributed by atoms with Gasteiger partial charge in [-0.1, -0.05) is 31.0 Å². The molecule has 126 valence electrons. The van der Waals surface area contributed by atoms with Crippen LogP contribution in [0.3, 0.4) is 0 Å². The highest BCUT2D eigenvalue weighted by Gasteiger charge is 2.33. The first-order chi connectivity index (χ1) is 11.2. The number of anilines is 1. The Morgan fingerprint density at radius 1 is 1.09 bits per heavy atom. The second-order valence-electron chi connectivity index (χ2n) is 6.94. The van der Waals surface area contributed by atoms with Crippen LogP contribution in [0.5, 0.6) is 0 Å². The van der Waals surface area contributed by atoms with E-state index in [-0.39, 0.29) is 11.9 Å². The van der Waals surface area contributed by atoms with Crippen molar-refractivity contribution in [3.63, 3.8) is 0 Å². The molecule has 0 spiro atoms. The fourth-order valence-corrected chi connectivity index (χ4v) is 3.95. The minimum Gasteiger partial charge on any atom is -0.374 e. The van der Waals surface area contributed by atoms with Gasteiger partial charge in [0.05, 0.1) is 0 Å². The molecule has 4 heteroatoms. The van der Waals surface area contributed by atoms with Gasteiger partial charge in [-0.2, -0.15) is 0 Å². The fraction of sp³-hybridized carbons (Fsp3) is 0.632. The van der Waals surface area contributed by atoms with E-state index in [4.69, 9.17) is 0 Å². The lowest BCUT2D eigenvalue weighted by Crippen LogP contribution is -2.54. The van der Waals surface area contributed by atoms with Gasteiger partial charge in [0.15, 0.2) is 0 Å². The largest absolute Gasteiger partial charge is 0.374 e. The molecule has 1 aliphatic heterocycles. The lowest BCUT2D eigenvalue weighted by Gasteiger charge is -2.38. The predicted octanol–water partition coefficient (Wildman–Crippen LogP) is 3.01. The molecule has 1 aromatic rings.